The van der Waals surface area contributed by atoms with Crippen molar-refractivity contribution in [2.75, 3.05) is 0 Å². The van der Waals surface area contributed by atoms with Crippen LogP contribution in [0, 0.1) is 0 Å². The van der Waals surface area contributed by atoms with Gasteiger partial charge in [0.2, 0.25) is 5.91 Å². The largest absolute Gasteiger partial charge is 0.368 e. The molecule has 1 aromatic rings. The molecule has 0 bridgehead atoms. The van der Waals surface area contributed by atoms with E-state index < -0.39 is 23.5 Å². The van der Waals surface area contributed by atoms with Gasteiger partial charge in [-0.15, -0.1) is 0 Å². The molecular weight excluding hydrogens is 282 g/mol. The average molecular weight is 303 g/mol. The van der Waals surface area contributed by atoms with Gasteiger partial charge in [-0.1, -0.05) is 37.3 Å². The Labute approximate surface area is 129 Å². The van der Waals surface area contributed by atoms with E-state index in [0.29, 0.717) is 0 Å². The zero-order valence-corrected chi connectivity index (χ0v) is 12.7. The van der Waals surface area contributed by atoms with Crippen molar-refractivity contribution in [1.82, 2.24) is 5.32 Å². The monoisotopic (exact) mass is 303 g/mol. The van der Waals surface area contributed by atoms with E-state index in [4.69, 9.17) is 16.2 Å². The smallest absolute Gasteiger partial charge is 0.264 e. The van der Waals surface area contributed by atoms with Crippen LogP contribution in [0.3, 0.4) is 0 Å². The maximum Gasteiger partial charge on any atom is 0.264 e. The molecule has 118 valence electrons. The molecule has 3 unspecified atom stereocenters. The van der Waals surface area contributed by atoms with Crippen LogP contribution < -0.4 is 16.8 Å². The van der Waals surface area contributed by atoms with Crippen molar-refractivity contribution in [2.45, 2.75) is 38.0 Å². The molecule has 0 spiro atoms. The third kappa shape index (κ3) is 2.96. The number of rotatable bonds is 6. The lowest BCUT2D eigenvalue weighted by Crippen LogP contribution is -2.57. The van der Waals surface area contributed by atoms with Crippen LogP contribution in [0.4, 0.5) is 0 Å². The van der Waals surface area contributed by atoms with Gasteiger partial charge in [-0.05, 0) is 25.0 Å². The summed E-state index contributed by atoms with van der Waals surface area (Å²) in [5.41, 5.74) is 10.7. The van der Waals surface area contributed by atoms with Crippen molar-refractivity contribution in [3.8, 4) is 0 Å². The Kier molecular flexibility index (Phi) is 4.51. The van der Waals surface area contributed by atoms with E-state index in [2.05, 4.69) is 5.32 Å². The molecule has 2 rings (SSSR count). The summed E-state index contributed by atoms with van der Waals surface area (Å²) in [6, 6.07) is 9.68. The second-order valence-electron chi connectivity index (χ2n) is 5.50. The van der Waals surface area contributed by atoms with Crippen LogP contribution >= 0.6 is 0 Å². The predicted molar refractivity (Wildman–Crippen MR) is 82.4 cm³/mol. The number of nitrogens with two attached hydrogens (primary N) is 2. The van der Waals surface area contributed by atoms with E-state index in [1.807, 2.05) is 37.3 Å². The van der Waals surface area contributed by atoms with E-state index >= 15 is 0 Å². The summed E-state index contributed by atoms with van der Waals surface area (Å²) in [6.07, 6.45) is 1.36. The molecule has 3 atom stereocenters. The molecule has 6 heteroatoms. The molecule has 1 aliphatic heterocycles. The summed E-state index contributed by atoms with van der Waals surface area (Å²) in [6.45, 7) is 3.59. The van der Waals surface area contributed by atoms with Gasteiger partial charge in [0.1, 0.15) is 11.6 Å². The van der Waals surface area contributed by atoms with E-state index in [1.165, 1.54) is 6.08 Å². The molecule has 2 amide bonds. The number of primary amides is 2. The fourth-order valence-corrected chi connectivity index (χ4v) is 2.49. The van der Waals surface area contributed by atoms with Crippen molar-refractivity contribution in [3.05, 3.63) is 47.7 Å². The molecule has 5 N–H and O–H groups in total. The Morgan fingerprint density at radius 1 is 1.32 bits per heavy atom. The molecule has 0 aliphatic carbocycles. The van der Waals surface area contributed by atoms with Crippen LogP contribution in [0.2, 0.25) is 0 Å². The molecule has 22 heavy (non-hydrogen) atoms. The molecular formula is C16H21N3O3. The highest BCUT2D eigenvalue weighted by atomic mass is 16.5. The minimum atomic E-state index is -1.20. The fourth-order valence-electron chi connectivity index (χ4n) is 2.49. The van der Waals surface area contributed by atoms with Gasteiger partial charge in [-0.25, -0.2) is 0 Å². The number of nitrogens with one attached hydrogen (secondary N) is 1. The molecule has 0 saturated carbocycles. The maximum atomic E-state index is 11.8. The Balaban J connectivity index is 2.27. The number of ether oxygens (including phenoxy) is 1. The Hall–Kier alpha value is -2.34. The first-order chi connectivity index (χ1) is 10.4. The highest BCUT2D eigenvalue weighted by Crippen LogP contribution is 2.31. The minimum absolute atomic E-state index is 0.147. The summed E-state index contributed by atoms with van der Waals surface area (Å²) in [4.78, 5) is 23.2. The SMILES string of the molecule is CCC(OC1C=C(C(N)=O)NC1(C)C(N)=O)c1ccccc1. The quantitative estimate of drug-likeness (QED) is 0.720. The van der Waals surface area contributed by atoms with Crippen LogP contribution in [0.1, 0.15) is 31.9 Å². The number of amides is 2. The van der Waals surface area contributed by atoms with Gasteiger partial charge in [-0.2, -0.15) is 0 Å². The fraction of sp³-hybridized carbons (Fsp3) is 0.375. The lowest BCUT2D eigenvalue weighted by Gasteiger charge is -2.31. The Morgan fingerprint density at radius 2 is 1.95 bits per heavy atom. The minimum Gasteiger partial charge on any atom is -0.368 e. The summed E-state index contributed by atoms with van der Waals surface area (Å²) in [5.74, 6) is -1.25. The summed E-state index contributed by atoms with van der Waals surface area (Å²) < 4.78 is 6.06. The lowest BCUT2D eigenvalue weighted by atomic mass is 9.96. The van der Waals surface area contributed by atoms with E-state index in [1.54, 1.807) is 6.92 Å². The standard InChI is InChI=1S/C16H21N3O3/c1-3-12(10-7-5-4-6-8-10)22-13-9-11(14(17)20)19-16(13,2)15(18)21/h4-9,12-13,19H,3H2,1-2H3,(H2,17,20)(H2,18,21). The maximum absolute atomic E-state index is 11.8. The first-order valence-corrected chi connectivity index (χ1v) is 7.18. The summed E-state index contributed by atoms with van der Waals surface area (Å²) in [7, 11) is 0. The van der Waals surface area contributed by atoms with Crippen molar-refractivity contribution in [3.63, 3.8) is 0 Å². The second-order valence-corrected chi connectivity index (χ2v) is 5.50. The molecule has 0 aromatic heterocycles. The first kappa shape index (κ1) is 16.0. The Bertz CT molecular complexity index is 600. The van der Waals surface area contributed by atoms with Crippen LogP contribution in [-0.4, -0.2) is 23.5 Å². The number of carbonyl (C=O) groups excluding carboxylic acids is 2. The van der Waals surface area contributed by atoms with Crippen molar-refractivity contribution in [1.29, 1.82) is 0 Å². The lowest BCUT2D eigenvalue weighted by molar-refractivity contribution is -0.129. The third-order valence-electron chi connectivity index (χ3n) is 3.91. The van der Waals surface area contributed by atoms with Crippen molar-refractivity contribution < 1.29 is 14.3 Å². The summed E-state index contributed by atoms with van der Waals surface area (Å²) >= 11 is 0. The molecule has 0 radical (unpaired) electrons. The number of benzene rings is 1. The molecule has 6 nitrogen and oxygen atoms in total. The van der Waals surface area contributed by atoms with Crippen LogP contribution in [-0.2, 0) is 14.3 Å². The number of carbonyl (C=O) groups is 2. The number of hydrogen-bond acceptors (Lipinski definition) is 4. The van der Waals surface area contributed by atoms with Gasteiger partial charge < -0.3 is 21.5 Å². The van der Waals surface area contributed by atoms with Gasteiger partial charge >= 0.3 is 0 Å². The van der Waals surface area contributed by atoms with Gasteiger partial charge in [0.05, 0.1) is 11.8 Å². The topological polar surface area (TPSA) is 107 Å². The second kappa shape index (κ2) is 6.19. The third-order valence-corrected chi connectivity index (χ3v) is 3.91. The molecule has 1 aromatic carbocycles. The first-order valence-electron chi connectivity index (χ1n) is 7.18. The molecule has 0 saturated heterocycles. The Morgan fingerprint density at radius 3 is 2.45 bits per heavy atom. The molecule has 0 fully saturated rings. The predicted octanol–water partition coefficient (Wildman–Crippen LogP) is 0.739. The number of hydrogen-bond donors (Lipinski definition) is 3. The van der Waals surface area contributed by atoms with Crippen molar-refractivity contribution >= 4 is 11.8 Å². The van der Waals surface area contributed by atoms with Gasteiger partial charge in [0.15, 0.2) is 0 Å². The van der Waals surface area contributed by atoms with Crippen molar-refractivity contribution in [2.24, 2.45) is 11.5 Å². The van der Waals surface area contributed by atoms with E-state index in [-0.39, 0.29) is 11.8 Å². The molecule has 1 aliphatic rings. The van der Waals surface area contributed by atoms with Crippen LogP contribution in [0.5, 0.6) is 0 Å². The average Bonchev–Trinajstić information content (AvgIpc) is 2.84. The zero-order chi connectivity index (χ0) is 16.3. The van der Waals surface area contributed by atoms with Crippen LogP contribution in [0.15, 0.2) is 42.1 Å². The zero-order valence-electron chi connectivity index (χ0n) is 12.7. The van der Waals surface area contributed by atoms with Gasteiger partial charge in [0, 0.05) is 0 Å². The van der Waals surface area contributed by atoms with Gasteiger partial charge in [-0.3, -0.25) is 9.59 Å². The normalized spacial score (nSPS) is 25.2. The van der Waals surface area contributed by atoms with E-state index in [0.717, 1.165) is 12.0 Å². The summed E-state index contributed by atoms with van der Waals surface area (Å²) in [5, 5.41) is 2.78. The highest BCUT2D eigenvalue weighted by molar-refractivity contribution is 5.96. The van der Waals surface area contributed by atoms with Gasteiger partial charge in [0.25, 0.3) is 5.91 Å². The van der Waals surface area contributed by atoms with E-state index in [9.17, 15) is 9.59 Å². The highest BCUT2D eigenvalue weighted by Gasteiger charge is 2.46. The van der Waals surface area contributed by atoms with Crippen LogP contribution in [0.25, 0.3) is 0 Å². The molecule has 1 heterocycles.